The third kappa shape index (κ3) is 3.81. The van der Waals surface area contributed by atoms with Crippen LogP contribution in [0.1, 0.15) is 38.0 Å². The Labute approximate surface area is 142 Å². The van der Waals surface area contributed by atoms with E-state index in [0.29, 0.717) is 0 Å². The number of carboxylic acids is 1. The molecule has 1 aromatic carbocycles. The van der Waals surface area contributed by atoms with Crippen molar-refractivity contribution in [1.29, 1.82) is 0 Å². The van der Waals surface area contributed by atoms with Gasteiger partial charge in [-0.2, -0.15) is 13.2 Å². The number of aryl methyl sites for hydroxylation is 1. The van der Waals surface area contributed by atoms with Gasteiger partial charge in [-0.3, -0.25) is 4.98 Å². The Bertz CT molecular complexity index is 923. The highest BCUT2D eigenvalue weighted by Crippen LogP contribution is 2.40. The summed E-state index contributed by atoms with van der Waals surface area (Å²) >= 11 is 0. The van der Waals surface area contributed by atoms with Gasteiger partial charge in [-0.25, -0.2) is 13.2 Å². The van der Waals surface area contributed by atoms with Crippen LogP contribution in [-0.2, 0) is 16.0 Å². The molecule has 1 N–H and O–H groups in total. The van der Waals surface area contributed by atoms with Gasteiger partial charge in [0.15, 0.2) is 9.84 Å². The van der Waals surface area contributed by atoms with Gasteiger partial charge in [-0.05, 0) is 30.2 Å². The summed E-state index contributed by atoms with van der Waals surface area (Å²) in [5.74, 6) is -1.46. The zero-order valence-corrected chi connectivity index (χ0v) is 14.0. The minimum absolute atomic E-state index is 0.204. The van der Waals surface area contributed by atoms with Crippen LogP contribution in [-0.4, -0.2) is 30.7 Å². The fourth-order valence-corrected chi connectivity index (χ4v) is 3.87. The van der Waals surface area contributed by atoms with Gasteiger partial charge in [0.25, 0.3) is 0 Å². The van der Waals surface area contributed by atoms with Gasteiger partial charge in [0.2, 0.25) is 0 Å². The summed E-state index contributed by atoms with van der Waals surface area (Å²) in [6.07, 6.45) is -2.88. The quantitative estimate of drug-likeness (QED) is 0.889. The van der Waals surface area contributed by atoms with Crippen molar-refractivity contribution in [3.8, 4) is 0 Å². The fraction of sp³-hybridized carbons (Fsp3) is 0.250. The third-order valence-corrected chi connectivity index (χ3v) is 4.96. The zero-order chi connectivity index (χ0) is 19.0. The first-order valence-corrected chi connectivity index (χ1v) is 8.94. The largest absolute Gasteiger partial charge is 0.478 e. The maximum atomic E-state index is 13.3. The van der Waals surface area contributed by atoms with E-state index in [9.17, 15) is 31.5 Å². The summed E-state index contributed by atoms with van der Waals surface area (Å²) in [5.41, 5.74) is -2.36. The van der Waals surface area contributed by atoms with Crippen molar-refractivity contribution in [1.82, 2.24) is 4.98 Å². The minimum Gasteiger partial charge on any atom is -0.478 e. The molecule has 1 heterocycles. The van der Waals surface area contributed by atoms with Crippen LogP contribution in [0.25, 0.3) is 0 Å². The van der Waals surface area contributed by atoms with E-state index >= 15 is 0 Å². The van der Waals surface area contributed by atoms with Gasteiger partial charge in [0.1, 0.15) is 5.25 Å². The van der Waals surface area contributed by atoms with E-state index in [1.165, 1.54) is 25.3 Å². The normalized spacial score (nSPS) is 13.5. The summed E-state index contributed by atoms with van der Waals surface area (Å²) in [7, 11) is -4.15. The van der Waals surface area contributed by atoms with Gasteiger partial charge < -0.3 is 5.11 Å². The Morgan fingerprint density at radius 3 is 2.32 bits per heavy atom. The number of aromatic carboxylic acids is 1. The Morgan fingerprint density at radius 2 is 1.80 bits per heavy atom. The second-order valence-corrected chi connectivity index (χ2v) is 7.62. The Morgan fingerprint density at radius 1 is 1.20 bits per heavy atom. The van der Waals surface area contributed by atoms with Crippen LogP contribution in [0.15, 0.2) is 36.5 Å². The number of sulfone groups is 1. The number of hydrogen-bond acceptors (Lipinski definition) is 4. The van der Waals surface area contributed by atoms with Crippen LogP contribution < -0.4 is 0 Å². The predicted octanol–water partition coefficient (Wildman–Crippen LogP) is 3.24. The number of nitrogens with zero attached hydrogens (tertiary/aromatic N) is 1. The number of aromatic nitrogens is 1. The monoisotopic (exact) mass is 373 g/mol. The molecule has 2 rings (SSSR count). The van der Waals surface area contributed by atoms with Crippen molar-refractivity contribution in [3.05, 3.63) is 64.5 Å². The topological polar surface area (TPSA) is 84.3 Å². The van der Waals surface area contributed by atoms with Crippen molar-refractivity contribution in [3.63, 3.8) is 0 Å². The van der Waals surface area contributed by atoms with E-state index < -0.39 is 49.6 Å². The Kier molecular flexibility index (Phi) is 4.90. The number of hydrogen-bond donors (Lipinski definition) is 1. The van der Waals surface area contributed by atoms with Crippen LogP contribution in [0.3, 0.4) is 0 Å². The van der Waals surface area contributed by atoms with Crippen molar-refractivity contribution < 1.29 is 31.5 Å². The molecule has 0 saturated carbocycles. The van der Waals surface area contributed by atoms with Gasteiger partial charge in [-0.15, -0.1) is 0 Å². The third-order valence-electron chi connectivity index (χ3n) is 3.63. The molecule has 0 aliphatic heterocycles. The van der Waals surface area contributed by atoms with Crippen LogP contribution in [0.5, 0.6) is 0 Å². The van der Waals surface area contributed by atoms with Gasteiger partial charge in [0.05, 0.1) is 16.8 Å². The number of benzene rings is 1. The number of pyridine rings is 1. The molecule has 2 aromatic rings. The summed E-state index contributed by atoms with van der Waals surface area (Å²) in [6, 6.07) is 5.52. The highest BCUT2D eigenvalue weighted by atomic mass is 32.2. The lowest BCUT2D eigenvalue weighted by Crippen LogP contribution is -2.22. The summed E-state index contributed by atoms with van der Waals surface area (Å²) in [5, 5.41) is 7.53. The lowest BCUT2D eigenvalue weighted by molar-refractivity contribution is -0.138. The maximum absolute atomic E-state index is 13.3. The van der Waals surface area contributed by atoms with Crippen LogP contribution in [0.4, 0.5) is 13.2 Å². The van der Waals surface area contributed by atoms with Crippen molar-refractivity contribution >= 4 is 15.8 Å². The Balaban J connectivity index is 2.88. The SMILES string of the molecule is Cc1ccnc(C(c2ccccc2C(F)(F)F)S(C)(=O)=O)c1C(=O)O. The molecule has 0 amide bonds. The molecule has 5 nitrogen and oxygen atoms in total. The van der Waals surface area contributed by atoms with Gasteiger partial charge >= 0.3 is 12.1 Å². The van der Waals surface area contributed by atoms with E-state index in [4.69, 9.17) is 0 Å². The van der Waals surface area contributed by atoms with Crippen molar-refractivity contribution in [2.75, 3.05) is 6.26 Å². The molecule has 0 saturated heterocycles. The van der Waals surface area contributed by atoms with Gasteiger partial charge in [0, 0.05) is 12.5 Å². The molecular formula is C16H14F3NO4S. The second-order valence-electron chi connectivity index (χ2n) is 5.49. The molecule has 0 aliphatic carbocycles. The molecule has 134 valence electrons. The van der Waals surface area contributed by atoms with E-state index in [-0.39, 0.29) is 5.56 Å². The lowest BCUT2D eigenvalue weighted by atomic mass is 9.97. The van der Waals surface area contributed by atoms with Crippen molar-refractivity contribution in [2.24, 2.45) is 0 Å². The average molecular weight is 373 g/mol. The van der Waals surface area contributed by atoms with E-state index in [1.54, 1.807) is 0 Å². The smallest absolute Gasteiger partial charge is 0.416 e. The van der Waals surface area contributed by atoms with Crippen LogP contribution in [0, 0.1) is 6.92 Å². The first-order chi connectivity index (χ1) is 11.4. The molecule has 25 heavy (non-hydrogen) atoms. The lowest BCUT2D eigenvalue weighted by Gasteiger charge is -2.21. The minimum atomic E-state index is -4.80. The number of alkyl halides is 3. The molecule has 1 aromatic heterocycles. The maximum Gasteiger partial charge on any atom is 0.416 e. The number of halogens is 3. The number of carbonyl (C=O) groups is 1. The predicted molar refractivity (Wildman–Crippen MR) is 84.1 cm³/mol. The molecule has 1 atom stereocenters. The average Bonchev–Trinajstić information content (AvgIpc) is 2.45. The number of carboxylic acid groups (broad SMARTS) is 1. The molecule has 0 spiro atoms. The molecular weight excluding hydrogens is 359 g/mol. The zero-order valence-electron chi connectivity index (χ0n) is 13.2. The first kappa shape index (κ1) is 18.9. The highest BCUT2D eigenvalue weighted by Gasteiger charge is 2.40. The number of rotatable bonds is 4. The second kappa shape index (κ2) is 6.47. The molecule has 1 unspecified atom stereocenters. The first-order valence-electron chi connectivity index (χ1n) is 6.98. The Hall–Kier alpha value is -2.42. The summed E-state index contributed by atoms with van der Waals surface area (Å²) in [6.45, 7) is 1.42. The van der Waals surface area contributed by atoms with E-state index in [2.05, 4.69) is 4.98 Å². The highest BCUT2D eigenvalue weighted by molar-refractivity contribution is 7.91. The van der Waals surface area contributed by atoms with Crippen LogP contribution in [0.2, 0.25) is 0 Å². The molecule has 0 radical (unpaired) electrons. The fourth-order valence-electron chi connectivity index (χ4n) is 2.62. The van der Waals surface area contributed by atoms with Crippen molar-refractivity contribution in [2.45, 2.75) is 18.3 Å². The molecule has 0 aliphatic rings. The molecule has 0 fully saturated rings. The molecule has 9 heteroatoms. The van der Waals surface area contributed by atoms with Gasteiger partial charge in [-0.1, -0.05) is 18.2 Å². The standard InChI is InChI=1S/C16H14F3NO4S/c1-9-7-8-20-13(12(9)15(21)22)14(25(2,23)24)10-5-3-4-6-11(10)16(17,18)19/h3-8,14H,1-2H3,(H,21,22). The molecule has 0 bridgehead atoms. The summed E-state index contributed by atoms with van der Waals surface area (Å²) < 4.78 is 64.6. The van der Waals surface area contributed by atoms with E-state index in [0.717, 1.165) is 24.5 Å². The van der Waals surface area contributed by atoms with Crippen LogP contribution >= 0.6 is 0 Å². The summed E-state index contributed by atoms with van der Waals surface area (Å²) in [4.78, 5) is 15.3. The van der Waals surface area contributed by atoms with E-state index in [1.807, 2.05) is 0 Å².